The zero-order valence-corrected chi connectivity index (χ0v) is 15.5. The number of ether oxygens (including phenoxy) is 1. The van der Waals surface area contributed by atoms with Gasteiger partial charge in [-0.05, 0) is 25.1 Å². The van der Waals surface area contributed by atoms with Crippen LogP contribution >= 0.6 is 23.2 Å². The van der Waals surface area contributed by atoms with Crippen LogP contribution in [-0.4, -0.2) is 44.1 Å². The lowest BCUT2D eigenvalue weighted by molar-refractivity contribution is 0.0527. The standard InChI is InChI=1S/C14H15Cl2N3O4S/c1-4-23-14(20)10-8-17-19(13(10)18(2)24(3,21)22)12-6-5-9(15)7-11(12)16/h5-8H,4H2,1-3H3. The molecule has 0 bridgehead atoms. The van der Waals surface area contributed by atoms with Crippen LogP contribution in [-0.2, 0) is 14.8 Å². The summed E-state index contributed by atoms with van der Waals surface area (Å²) in [6.07, 6.45) is 2.25. The maximum Gasteiger partial charge on any atom is 0.343 e. The average molecular weight is 392 g/mol. The third kappa shape index (κ3) is 3.66. The third-order valence-corrected chi connectivity index (χ3v) is 4.88. The van der Waals surface area contributed by atoms with E-state index in [0.717, 1.165) is 10.6 Å². The van der Waals surface area contributed by atoms with Crippen molar-refractivity contribution in [3.63, 3.8) is 0 Å². The molecule has 0 spiro atoms. The van der Waals surface area contributed by atoms with Crippen LogP contribution in [0, 0.1) is 0 Å². The van der Waals surface area contributed by atoms with Crippen molar-refractivity contribution in [2.24, 2.45) is 0 Å². The van der Waals surface area contributed by atoms with E-state index in [-0.39, 0.29) is 23.0 Å². The van der Waals surface area contributed by atoms with Gasteiger partial charge in [0.05, 0.1) is 29.8 Å². The molecule has 0 saturated heterocycles. The summed E-state index contributed by atoms with van der Waals surface area (Å²) < 4.78 is 31.1. The van der Waals surface area contributed by atoms with Crippen molar-refractivity contribution in [1.29, 1.82) is 0 Å². The Hall–Kier alpha value is -1.77. The van der Waals surface area contributed by atoms with Crippen molar-refractivity contribution in [2.45, 2.75) is 6.92 Å². The maximum atomic E-state index is 12.1. The maximum absolute atomic E-state index is 12.1. The summed E-state index contributed by atoms with van der Waals surface area (Å²) in [5.41, 5.74) is 0.387. The normalized spacial score (nSPS) is 11.4. The number of hydrogen-bond donors (Lipinski definition) is 0. The Balaban J connectivity index is 2.71. The molecule has 2 aromatic rings. The van der Waals surface area contributed by atoms with Crippen molar-refractivity contribution in [1.82, 2.24) is 9.78 Å². The lowest BCUT2D eigenvalue weighted by Crippen LogP contribution is -2.29. The van der Waals surface area contributed by atoms with Gasteiger partial charge >= 0.3 is 5.97 Å². The third-order valence-electron chi connectivity index (χ3n) is 3.17. The first-order chi connectivity index (χ1) is 11.2. The van der Waals surface area contributed by atoms with Crippen LogP contribution in [0.3, 0.4) is 0 Å². The molecule has 0 unspecified atom stereocenters. The van der Waals surface area contributed by atoms with Crippen molar-refractivity contribution < 1.29 is 17.9 Å². The smallest absolute Gasteiger partial charge is 0.343 e. The van der Waals surface area contributed by atoms with E-state index >= 15 is 0 Å². The number of halogens is 2. The van der Waals surface area contributed by atoms with Gasteiger partial charge in [0.2, 0.25) is 10.0 Å². The number of benzene rings is 1. The lowest BCUT2D eigenvalue weighted by atomic mass is 10.3. The molecule has 0 N–H and O–H groups in total. The number of hydrogen-bond acceptors (Lipinski definition) is 5. The Morgan fingerprint density at radius 1 is 1.38 bits per heavy atom. The lowest BCUT2D eigenvalue weighted by Gasteiger charge is -2.20. The van der Waals surface area contributed by atoms with E-state index in [1.165, 1.54) is 24.0 Å². The van der Waals surface area contributed by atoms with Crippen molar-refractivity contribution >= 4 is 45.0 Å². The van der Waals surface area contributed by atoms with Crippen LogP contribution in [0.2, 0.25) is 10.0 Å². The predicted octanol–water partition coefficient (Wildman–Crippen LogP) is 2.75. The Labute approximate surface area is 149 Å². The highest BCUT2D eigenvalue weighted by Gasteiger charge is 2.27. The van der Waals surface area contributed by atoms with Crippen molar-refractivity contribution in [3.05, 3.63) is 40.0 Å². The number of sulfonamides is 1. The number of anilines is 1. The van der Waals surface area contributed by atoms with E-state index < -0.39 is 16.0 Å². The fourth-order valence-electron chi connectivity index (χ4n) is 1.98. The Morgan fingerprint density at radius 3 is 2.58 bits per heavy atom. The highest BCUT2D eigenvalue weighted by atomic mass is 35.5. The minimum absolute atomic E-state index is 0.00999. The van der Waals surface area contributed by atoms with Gasteiger partial charge in [0, 0.05) is 12.1 Å². The van der Waals surface area contributed by atoms with Gasteiger partial charge in [-0.15, -0.1) is 0 Å². The van der Waals surface area contributed by atoms with Gasteiger partial charge in [-0.3, -0.25) is 4.31 Å². The van der Waals surface area contributed by atoms with Gasteiger partial charge in [-0.1, -0.05) is 23.2 Å². The van der Waals surface area contributed by atoms with Gasteiger partial charge in [0.25, 0.3) is 0 Å². The predicted molar refractivity (Wildman–Crippen MR) is 92.8 cm³/mol. The molecule has 0 aliphatic heterocycles. The fourth-order valence-corrected chi connectivity index (χ4v) is 2.96. The second kappa shape index (κ2) is 7.00. The highest BCUT2D eigenvalue weighted by Crippen LogP contribution is 2.31. The molecule has 0 aliphatic rings. The van der Waals surface area contributed by atoms with E-state index in [1.807, 2.05) is 0 Å². The topological polar surface area (TPSA) is 81.5 Å². The number of nitrogens with zero attached hydrogens (tertiary/aromatic N) is 3. The molecular weight excluding hydrogens is 377 g/mol. The minimum Gasteiger partial charge on any atom is -0.462 e. The first-order valence-corrected chi connectivity index (χ1v) is 9.41. The molecule has 1 heterocycles. The van der Waals surface area contributed by atoms with E-state index in [4.69, 9.17) is 27.9 Å². The molecule has 0 fully saturated rings. The van der Waals surface area contributed by atoms with Crippen LogP contribution in [0.15, 0.2) is 24.4 Å². The van der Waals surface area contributed by atoms with Gasteiger partial charge < -0.3 is 4.74 Å². The molecule has 130 valence electrons. The Bertz CT molecular complexity index is 880. The molecule has 7 nitrogen and oxygen atoms in total. The monoisotopic (exact) mass is 391 g/mol. The summed E-state index contributed by atoms with van der Waals surface area (Å²) in [5.74, 6) is -0.653. The molecule has 10 heteroatoms. The first-order valence-electron chi connectivity index (χ1n) is 6.81. The number of aromatic nitrogens is 2. The van der Waals surface area contributed by atoms with Crippen LogP contribution < -0.4 is 4.31 Å². The second-order valence-electron chi connectivity index (χ2n) is 4.84. The van der Waals surface area contributed by atoms with Crippen LogP contribution in [0.25, 0.3) is 5.69 Å². The molecule has 0 saturated carbocycles. The van der Waals surface area contributed by atoms with Gasteiger partial charge in [0.1, 0.15) is 5.56 Å². The SMILES string of the molecule is CCOC(=O)c1cnn(-c2ccc(Cl)cc2Cl)c1N(C)S(C)(=O)=O. The van der Waals surface area contributed by atoms with Crippen molar-refractivity contribution in [3.8, 4) is 5.69 Å². The van der Waals surface area contributed by atoms with E-state index in [9.17, 15) is 13.2 Å². The number of esters is 1. The van der Waals surface area contributed by atoms with Gasteiger partial charge in [-0.25, -0.2) is 17.9 Å². The van der Waals surface area contributed by atoms with Gasteiger partial charge in [-0.2, -0.15) is 5.10 Å². The summed E-state index contributed by atoms with van der Waals surface area (Å²) in [7, 11) is -2.34. The van der Waals surface area contributed by atoms with E-state index in [1.54, 1.807) is 19.1 Å². The number of carbonyl (C=O) groups excluding carboxylic acids is 1. The highest BCUT2D eigenvalue weighted by molar-refractivity contribution is 7.92. The molecule has 2 rings (SSSR count). The summed E-state index contributed by atoms with van der Waals surface area (Å²) >= 11 is 12.1. The zero-order valence-electron chi connectivity index (χ0n) is 13.2. The van der Waals surface area contributed by atoms with Crippen LogP contribution in [0.4, 0.5) is 5.82 Å². The van der Waals surface area contributed by atoms with E-state index in [0.29, 0.717) is 10.7 Å². The second-order valence-corrected chi connectivity index (χ2v) is 7.70. The Morgan fingerprint density at radius 2 is 2.04 bits per heavy atom. The summed E-state index contributed by atoms with van der Waals surface area (Å²) in [5, 5.41) is 4.77. The average Bonchev–Trinajstić information content (AvgIpc) is 2.90. The quantitative estimate of drug-likeness (QED) is 0.731. The zero-order chi connectivity index (χ0) is 18.1. The molecule has 24 heavy (non-hydrogen) atoms. The van der Waals surface area contributed by atoms with E-state index in [2.05, 4.69) is 5.10 Å². The fraction of sp³-hybridized carbons (Fsp3) is 0.286. The molecule has 1 aromatic heterocycles. The summed E-state index contributed by atoms with van der Waals surface area (Å²) in [6.45, 7) is 1.80. The van der Waals surface area contributed by atoms with Crippen LogP contribution in [0.1, 0.15) is 17.3 Å². The summed E-state index contributed by atoms with van der Waals surface area (Å²) in [6, 6.07) is 4.65. The van der Waals surface area contributed by atoms with Crippen molar-refractivity contribution in [2.75, 3.05) is 24.2 Å². The molecule has 0 amide bonds. The molecular formula is C14H15Cl2N3O4S. The Kier molecular flexibility index (Phi) is 5.42. The summed E-state index contributed by atoms with van der Waals surface area (Å²) in [4.78, 5) is 12.1. The molecule has 0 radical (unpaired) electrons. The number of rotatable bonds is 5. The number of carbonyl (C=O) groups is 1. The minimum atomic E-state index is -3.65. The largest absolute Gasteiger partial charge is 0.462 e. The van der Waals surface area contributed by atoms with Crippen LogP contribution in [0.5, 0.6) is 0 Å². The molecule has 0 aliphatic carbocycles. The molecule has 1 aromatic carbocycles. The molecule has 0 atom stereocenters. The first kappa shape index (κ1) is 18.6. The van der Waals surface area contributed by atoms with Gasteiger partial charge in [0.15, 0.2) is 5.82 Å².